The first-order chi connectivity index (χ1) is 12.8. The fourth-order valence-corrected chi connectivity index (χ4v) is 2.30. The number of benzene rings is 2. The van der Waals surface area contributed by atoms with E-state index in [0.29, 0.717) is 5.56 Å². The van der Waals surface area contributed by atoms with Gasteiger partial charge in [0.15, 0.2) is 6.10 Å². The zero-order valence-corrected chi connectivity index (χ0v) is 15.2. The van der Waals surface area contributed by atoms with Gasteiger partial charge in [-0.15, -0.1) is 0 Å². The molecule has 1 N–H and O–H groups in total. The standard InChI is InChI=1S/C19H20N2O6/c1-4-13-5-7-14(8-6-13)19(23)27-12(2)18(22)20-16-11-15(21(24)25)9-10-17(16)26-3/h5-12H,4H2,1-3H3,(H,20,22)/t12-/m1/s1. The van der Waals surface area contributed by atoms with Crippen molar-refractivity contribution in [3.05, 3.63) is 63.7 Å². The molecule has 8 nitrogen and oxygen atoms in total. The minimum absolute atomic E-state index is 0.117. The topological polar surface area (TPSA) is 108 Å². The Bertz CT molecular complexity index is 848. The lowest BCUT2D eigenvalue weighted by molar-refractivity contribution is -0.384. The third-order valence-electron chi connectivity index (χ3n) is 3.90. The number of nitro groups is 1. The van der Waals surface area contributed by atoms with Crippen LogP contribution in [-0.4, -0.2) is 30.0 Å². The Morgan fingerprint density at radius 1 is 1.19 bits per heavy atom. The smallest absolute Gasteiger partial charge is 0.338 e. The number of carbonyl (C=O) groups excluding carboxylic acids is 2. The highest BCUT2D eigenvalue weighted by atomic mass is 16.6. The van der Waals surface area contributed by atoms with E-state index in [0.717, 1.165) is 12.0 Å². The molecule has 0 aliphatic rings. The van der Waals surface area contributed by atoms with Gasteiger partial charge in [0, 0.05) is 12.1 Å². The summed E-state index contributed by atoms with van der Waals surface area (Å²) in [7, 11) is 1.38. The van der Waals surface area contributed by atoms with Crippen LogP contribution in [0.4, 0.5) is 11.4 Å². The molecule has 0 heterocycles. The number of nitrogens with one attached hydrogen (secondary N) is 1. The molecule has 0 saturated heterocycles. The zero-order chi connectivity index (χ0) is 20.0. The van der Waals surface area contributed by atoms with Crippen LogP contribution < -0.4 is 10.1 Å². The maximum atomic E-state index is 12.3. The lowest BCUT2D eigenvalue weighted by Crippen LogP contribution is -2.30. The van der Waals surface area contributed by atoms with E-state index in [1.54, 1.807) is 12.1 Å². The van der Waals surface area contributed by atoms with Gasteiger partial charge < -0.3 is 14.8 Å². The van der Waals surface area contributed by atoms with Crippen LogP contribution in [0.1, 0.15) is 29.8 Å². The Morgan fingerprint density at radius 3 is 2.41 bits per heavy atom. The van der Waals surface area contributed by atoms with Gasteiger partial charge in [-0.05, 0) is 37.1 Å². The summed E-state index contributed by atoms with van der Waals surface area (Å²) in [5.74, 6) is -1.01. The molecule has 1 atom stereocenters. The van der Waals surface area contributed by atoms with Crippen LogP contribution >= 0.6 is 0 Å². The number of nitro benzene ring substituents is 1. The zero-order valence-electron chi connectivity index (χ0n) is 15.2. The quantitative estimate of drug-likeness (QED) is 0.454. The summed E-state index contributed by atoms with van der Waals surface area (Å²) in [6.45, 7) is 3.42. The highest BCUT2D eigenvalue weighted by Crippen LogP contribution is 2.29. The van der Waals surface area contributed by atoms with Crippen LogP contribution in [0.5, 0.6) is 5.75 Å². The van der Waals surface area contributed by atoms with E-state index in [-0.39, 0.29) is 17.1 Å². The molecule has 142 valence electrons. The van der Waals surface area contributed by atoms with Gasteiger partial charge in [0.2, 0.25) is 0 Å². The fraction of sp³-hybridized carbons (Fsp3) is 0.263. The van der Waals surface area contributed by atoms with Gasteiger partial charge in [-0.25, -0.2) is 4.79 Å². The van der Waals surface area contributed by atoms with Gasteiger partial charge in [-0.2, -0.15) is 0 Å². The number of ether oxygens (including phenoxy) is 2. The van der Waals surface area contributed by atoms with Crippen molar-refractivity contribution in [3.8, 4) is 5.75 Å². The summed E-state index contributed by atoms with van der Waals surface area (Å²) < 4.78 is 10.3. The summed E-state index contributed by atoms with van der Waals surface area (Å²) in [6, 6.07) is 10.7. The van der Waals surface area contributed by atoms with Gasteiger partial charge in [-0.3, -0.25) is 14.9 Å². The van der Waals surface area contributed by atoms with Crippen molar-refractivity contribution < 1.29 is 24.0 Å². The monoisotopic (exact) mass is 372 g/mol. The molecule has 0 spiro atoms. The van der Waals surface area contributed by atoms with Gasteiger partial charge in [-0.1, -0.05) is 19.1 Å². The maximum absolute atomic E-state index is 12.3. The van der Waals surface area contributed by atoms with Crippen molar-refractivity contribution >= 4 is 23.3 Å². The number of anilines is 1. The lowest BCUT2D eigenvalue weighted by atomic mass is 10.1. The van der Waals surface area contributed by atoms with Crippen LogP contribution in [-0.2, 0) is 16.0 Å². The Hall–Kier alpha value is -3.42. The summed E-state index contributed by atoms with van der Waals surface area (Å²) in [4.78, 5) is 34.8. The normalized spacial score (nSPS) is 11.4. The van der Waals surface area contributed by atoms with Gasteiger partial charge in [0.05, 0.1) is 23.3 Å². The van der Waals surface area contributed by atoms with Crippen LogP contribution in [0.15, 0.2) is 42.5 Å². The first kappa shape index (κ1) is 19.9. The number of amides is 1. The molecule has 1 amide bonds. The predicted molar refractivity (Wildman–Crippen MR) is 99.0 cm³/mol. The molecular formula is C19H20N2O6. The second-order valence-electron chi connectivity index (χ2n) is 5.73. The number of nitrogens with zero attached hydrogens (tertiary/aromatic N) is 1. The Kier molecular flexibility index (Phi) is 6.48. The third-order valence-corrected chi connectivity index (χ3v) is 3.90. The molecule has 0 aromatic heterocycles. The van der Waals surface area contributed by atoms with E-state index in [1.165, 1.54) is 32.2 Å². The average molecular weight is 372 g/mol. The molecule has 0 unspecified atom stereocenters. The first-order valence-corrected chi connectivity index (χ1v) is 8.29. The van der Waals surface area contributed by atoms with Crippen LogP contribution in [0.25, 0.3) is 0 Å². The summed E-state index contributed by atoms with van der Waals surface area (Å²) in [6.07, 6.45) is -0.258. The molecular weight excluding hydrogens is 352 g/mol. The third kappa shape index (κ3) is 5.04. The number of aryl methyl sites for hydroxylation is 1. The minimum Gasteiger partial charge on any atom is -0.495 e. The van der Waals surface area contributed by atoms with E-state index in [1.807, 2.05) is 19.1 Å². The molecule has 0 aliphatic carbocycles. The molecule has 0 radical (unpaired) electrons. The molecule has 0 aliphatic heterocycles. The largest absolute Gasteiger partial charge is 0.495 e. The van der Waals surface area contributed by atoms with Crippen LogP contribution in [0.2, 0.25) is 0 Å². The van der Waals surface area contributed by atoms with Crippen molar-refractivity contribution in [1.29, 1.82) is 0 Å². The second kappa shape index (κ2) is 8.79. The van der Waals surface area contributed by atoms with Gasteiger partial charge >= 0.3 is 5.97 Å². The first-order valence-electron chi connectivity index (χ1n) is 8.29. The number of esters is 1. The number of carbonyl (C=O) groups is 2. The SMILES string of the molecule is CCc1ccc(C(=O)O[C@H](C)C(=O)Nc2cc([N+](=O)[O-])ccc2OC)cc1. The van der Waals surface area contributed by atoms with E-state index >= 15 is 0 Å². The molecule has 27 heavy (non-hydrogen) atoms. The number of non-ortho nitro benzene ring substituents is 1. The van der Waals surface area contributed by atoms with Crippen molar-refractivity contribution in [2.24, 2.45) is 0 Å². The molecule has 2 aromatic carbocycles. The van der Waals surface area contributed by atoms with Crippen LogP contribution in [0.3, 0.4) is 0 Å². The highest BCUT2D eigenvalue weighted by Gasteiger charge is 2.21. The predicted octanol–water partition coefficient (Wildman–Crippen LogP) is 3.35. The number of hydrogen-bond acceptors (Lipinski definition) is 6. The lowest BCUT2D eigenvalue weighted by Gasteiger charge is -2.15. The Labute approximate surface area is 156 Å². The van der Waals surface area contributed by atoms with Crippen LogP contribution in [0, 0.1) is 10.1 Å². The van der Waals surface area contributed by atoms with Crippen molar-refractivity contribution in [3.63, 3.8) is 0 Å². The van der Waals surface area contributed by atoms with Gasteiger partial charge in [0.25, 0.3) is 11.6 Å². The molecule has 2 rings (SSSR count). The summed E-state index contributed by atoms with van der Waals surface area (Å²) >= 11 is 0. The van der Waals surface area contributed by atoms with Crippen molar-refractivity contribution in [2.75, 3.05) is 12.4 Å². The van der Waals surface area contributed by atoms with E-state index < -0.39 is 22.9 Å². The molecule has 0 bridgehead atoms. The molecule has 0 saturated carbocycles. The molecule has 2 aromatic rings. The van der Waals surface area contributed by atoms with Gasteiger partial charge in [0.1, 0.15) is 5.75 Å². The highest BCUT2D eigenvalue weighted by molar-refractivity contribution is 5.98. The molecule has 0 fully saturated rings. The second-order valence-corrected chi connectivity index (χ2v) is 5.73. The number of hydrogen-bond donors (Lipinski definition) is 1. The van der Waals surface area contributed by atoms with E-state index in [9.17, 15) is 19.7 Å². The Balaban J connectivity index is 2.07. The summed E-state index contributed by atoms with van der Waals surface area (Å²) in [5, 5.41) is 13.4. The molecule has 8 heteroatoms. The number of methoxy groups -OCH3 is 1. The van der Waals surface area contributed by atoms with Crippen molar-refractivity contribution in [2.45, 2.75) is 26.4 Å². The Morgan fingerprint density at radius 2 is 1.85 bits per heavy atom. The fourth-order valence-electron chi connectivity index (χ4n) is 2.30. The van der Waals surface area contributed by atoms with E-state index in [2.05, 4.69) is 5.32 Å². The average Bonchev–Trinajstić information content (AvgIpc) is 2.67. The van der Waals surface area contributed by atoms with Crippen molar-refractivity contribution in [1.82, 2.24) is 0 Å². The van der Waals surface area contributed by atoms with E-state index in [4.69, 9.17) is 9.47 Å². The number of rotatable bonds is 7. The maximum Gasteiger partial charge on any atom is 0.338 e. The minimum atomic E-state index is -1.10. The summed E-state index contributed by atoms with van der Waals surface area (Å²) in [5.41, 5.74) is 1.33.